The molecule has 0 radical (unpaired) electrons. The van der Waals surface area contributed by atoms with Crippen LogP contribution in [0, 0.1) is 0 Å². The third-order valence-electron chi connectivity index (χ3n) is 1.82. The van der Waals surface area contributed by atoms with Gasteiger partial charge in [-0.2, -0.15) is 4.98 Å². The quantitative estimate of drug-likeness (QED) is 0.862. The first kappa shape index (κ1) is 11.2. The average Bonchev–Trinajstić information content (AvgIpc) is 2.16. The fraction of sp³-hybridized carbons (Fsp3) is 0.500. The molecule has 14 heavy (non-hydrogen) atoms. The lowest BCUT2D eigenvalue weighted by Crippen LogP contribution is -2.15. The lowest BCUT2D eigenvalue weighted by molar-refractivity contribution is 0.0916. The van der Waals surface area contributed by atoms with E-state index < -0.39 is 5.56 Å². The van der Waals surface area contributed by atoms with Crippen LogP contribution in [0.1, 0.15) is 25.3 Å². The molecule has 0 aliphatic carbocycles. The smallest absolute Gasteiger partial charge is 0.269 e. The Morgan fingerprint density at radius 1 is 1.71 bits per heavy atom. The van der Waals surface area contributed by atoms with Gasteiger partial charge in [0.15, 0.2) is 0 Å². The number of nitrogens with zero attached hydrogens (tertiary/aromatic N) is 1. The zero-order valence-electron chi connectivity index (χ0n) is 7.87. The molecule has 0 saturated carbocycles. The highest BCUT2D eigenvalue weighted by atomic mass is 79.9. The van der Waals surface area contributed by atoms with Crippen LogP contribution in [0.3, 0.4) is 0 Å². The molecule has 1 heterocycles. The van der Waals surface area contributed by atoms with Crippen molar-refractivity contribution in [3.63, 3.8) is 0 Å². The molecule has 0 amide bonds. The van der Waals surface area contributed by atoms with E-state index in [0.717, 1.165) is 0 Å². The minimum absolute atomic E-state index is 0.0345. The summed E-state index contributed by atoms with van der Waals surface area (Å²) in [7, 11) is 1.52. The number of nitrogens with one attached hydrogen (secondary N) is 1. The first-order chi connectivity index (χ1) is 6.60. The molecule has 0 aliphatic heterocycles. The zero-order chi connectivity index (χ0) is 10.7. The fourth-order valence-corrected chi connectivity index (χ4v) is 1.28. The number of rotatable bonds is 3. The van der Waals surface area contributed by atoms with Crippen LogP contribution in [-0.2, 0) is 4.74 Å². The van der Waals surface area contributed by atoms with E-state index in [-0.39, 0.29) is 16.5 Å². The summed E-state index contributed by atoms with van der Waals surface area (Å²) < 4.78 is 5.11. The molecular formula is C8H11BrN2O3. The Morgan fingerprint density at radius 3 is 2.79 bits per heavy atom. The number of aromatic nitrogens is 2. The molecule has 78 valence electrons. The molecule has 1 aromatic heterocycles. The van der Waals surface area contributed by atoms with Crippen molar-refractivity contribution in [2.75, 3.05) is 7.11 Å². The highest BCUT2D eigenvalue weighted by Gasteiger charge is 2.14. The second-order valence-electron chi connectivity index (χ2n) is 2.72. The Kier molecular flexibility index (Phi) is 3.65. The van der Waals surface area contributed by atoms with E-state index in [1.807, 2.05) is 6.92 Å². The standard InChI is InChI=1S/C8H11BrN2O3/c1-3-4(14-2)6-10-7(12)5(9)8(13)11-6/h4H,3H2,1-2H3,(H2,10,11,12,13). The third kappa shape index (κ3) is 2.13. The summed E-state index contributed by atoms with van der Waals surface area (Å²) in [6.45, 7) is 1.90. The molecule has 0 fully saturated rings. The summed E-state index contributed by atoms with van der Waals surface area (Å²) in [5.74, 6) is 0.0138. The highest BCUT2D eigenvalue weighted by Crippen LogP contribution is 2.20. The van der Waals surface area contributed by atoms with Crippen LogP contribution in [0.15, 0.2) is 9.27 Å². The minimum atomic E-state index is -0.414. The third-order valence-corrected chi connectivity index (χ3v) is 2.54. The van der Waals surface area contributed by atoms with Gasteiger partial charge in [0.1, 0.15) is 16.4 Å². The molecule has 0 bridgehead atoms. The topological polar surface area (TPSA) is 75.2 Å². The van der Waals surface area contributed by atoms with Gasteiger partial charge in [-0.05, 0) is 22.4 Å². The van der Waals surface area contributed by atoms with E-state index in [9.17, 15) is 9.90 Å². The Labute approximate surface area is 89.3 Å². The Morgan fingerprint density at radius 2 is 2.36 bits per heavy atom. The summed E-state index contributed by atoms with van der Waals surface area (Å²) in [4.78, 5) is 17.6. The van der Waals surface area contributed by atoms with E-state index >= 15 is 0 Å². The van der Waals surface area contributed by atoms with Crippen molar-refractivity contribution in [3.05, 3.63) is 20.7 Å². The van der Waals surface area contributed by atoms with Gasteiger partial charge in [0.25, 0.3) is 5.56 Å². The monoisotopic (exact) mass is 262 g/mol. The van der Waals surface area contributed by atoms with Crippen LogP contribution >= 0.6 is 15.9 Å². The van der Waals surface area contributed by atoms with Gasteiger partial charge in [0, 0.05) is 7.11 Å². The SMILES string of the molecule is CCC(OC)c1nc(O)c(Br)c(=O)[nH]1. The molecule has 0 aromatic carbocycles. The van der Waals surface area contributed by atoms with E-state index in [4.69, 9.17) is 4.74 Å². The normalized spacial score (nSPS) is 12.8. The molecule has 5 nitrogen and oxygen atoms in total. The zero-order valence-corrected chi connectivity index (χ0v) is 9.46. The second kappa shape index (κ2) is 4.56. The van der Waals surface area contributed by atoms with E-state index in [2.05, 4.69) is 25.9 Å². The fourth-order valence-electron chi connectivity index (χ4n) is 1.09. The van der Waals surface area contributed by atoms with Gasteiger partial charge < -0.3 is 14.8 Å². The minimum Gasteiger partial charge on any atom is -0.492 e. The number of ether oxygens (including phenoxy) is 1. The molecule has 1 unspecified atom stereocenters. The number of halogens is 1. The summed E-state index contributed by atoms with van der Waals surface area (Å²) in [6, 6.07) is 0. The first-order valence-electron chi connectivity index (χ1n) is 4.11. The number of methoxy groups -OCH3 is 1. The van der Waals surface area contributed by atoms with E-state index in [0.29, 0.717) is 12.2 Å². The van der Waals surface area contributed by atoms with E-state index in [1.165, 1.54) is 7.11 Å². The van der Waals surface area contributed by atoms with Gasteiger partial charge in [0.2, 0.25) is 5.88 Å². The van der Waals surface area contributed by atoms with Crippen molar-refractivity contribution in [3.8, 4) is 5.88 Å². The Hall–Kier alpha value is -0.880. The molecule has 6 heteroatoms. The van der Waals surface area contributed by atoms with Gasteiger partial charge in [0.05, 0.1) is 0 Å². The molecular weight excluding hydrogens is 252 g/mol. The van der Waals surface area contributed by atoms with Crippen LogP contribution in [0.4, 0.5) is 0 Å². The van der Waals surface area contributed by atoms with Crippen molar-refractivity contribution in [1.82, 2.24) is 9.97 Å². The van der Waals surface area contributed by atoms with Gasteiger partial charge >= 0.3 is 0 Å². The maximum Gasteiger partial charge on any atom is 0.269 e. The molecule has 0 saturated heterocycles. The van der Waals surface area contributed by atoms with Crippen LogP contribution in [0.25, 0.3) is 0 Å². The number of hydrogen-bond acceptors (Lipinski definition) is 4. The predicted molar refractivity (Wildman–Crippen MR) is 54.3 cm³/mol. The maximum atomic E-state index is 11.2. The van der Waals surface area contributed by atoms with Gasteiger partial charge in [-0.15, -0.1) is 0 Å². The lowest BCUT2D eigenvalue weighted by Gasteiger charge is -2.11. The van der Waals surface area contributed by atoms with Crippen molar-refractivity contribution in [1.29, 1.82) is 0 Å². The highest BCUT2D eigenvalue weighted by molar-refractivity contribution is 9.10. The summed E-state index contributed by atoms with van der Waals surface area (Å²) in [6.07, 6.45) is 0.363. The van der Waals surface area contributed by atoms with E-state index in [1.54, 1.807) is 0 Å². The average molecular weight is 263 g/mol. The van der Waals surface area contributed by atoms with Crippen LogP contribution in [0.5, 0.6) is 5.88 Å². The molecule has 1 atom stereocenters. The van der Waals surface area contributed by atoms with Gasteiger partial charge in [-0.1, -0.05) is 6.92 Å². The summed E-state index contributed by atoms with van der Waals surface area (Å²) in [5, 5.41) is 9.29. The van der Waals surface area contributed by atoms with Crippen molar-refractivity contribution < 1.29 is 9.84 Å². The van der Waals surface area contributed by atoms with Gasteiger partial charge in [-0.25, -0.2) is 0 Å². The van der Waals surface area contributed by atoms with Crippen molar-refractivity contribution in [2.45, 2.75) is 19.4 Å². The Bertz CT molecular complexity index is 373. The van der Waals surface area contributed by atoms with Gasteiger partial charge in [-0.3, -0.25) is 4.79 Å². The number of aromatic amines is 1. The molecule has 0 spiro atoms. The van der Waals surface area contributed by atoms with Crippen molar-refractivity contribution >= 4 is 15.9 Å². The molecule has 1 rings (SSSR count). The second-order valence-corrected chi connectivity index (χ2v) is 3.51. The van der Waals surface area contributed by atoms with Crippen LogP contribution in [0.2, 0.25) is 0 Å². The maximum absolute atomic E-state index is 11.2. The molecule has 1 aromatic rings. The summed E-state index contributed by atoms with van der Waals surface area (Å²) in [5.41, 5.74) is -0.414. The van der Waals surface area contributed by atoms with Crippen molar-refractivity contribution in [2.24, 2.45) is 0 Å². The molecule has 0 aliphatic rings. The van der Waals surface area contributed by atoms with Crippen LogP contribution in [-0.4, -0.2) is 22.2 Å². The predicted octanol–water partition coefficient (Wildman–Crippen LogP) is 1.34. The van der Waals surface area contributed by atoms with Crippen LogP contribution < -0.4 is 5.56 Å². The Balaban J connectivity index is 3.18. The number of hydrogen-bond donors (Lipinski definition) is 2. The lowest BCUT2D eigenvalue weighted by atomic mass is 10.2. The first-order valence-corrected chi connectivity index (χ1v) is 4.90. The number of aromatic hydroxyl groups is 1. The summed E-state index contributed by atoms with van der Waals surface area (Å²) >= 11 is 2.91. The largest absolute Gasteiger partial charge is 0.492 e. The number of H-pyrrole nitrogens is 1. The molecule has 2 N–H and O–H groups in total.